The molecular weight excluding hydrogens is 262 g/mol. The Morgan fingerprint density at radius 2 is 1.76 bits per heavy atom. The molecule has 3 heteroatoms. The monoisotopic (exact) mass is 285 g/mol. The predicted octanol–water partition coefficient (Wildman–Crippen LogP) is 3.56. The third-order valence-corrected chi connectivity index (χ3v) is 3.78. The zero-order valence-corrected chi connectivity index (χ0v) is 13.1. The Morgan fingerprint density at radius 1 is 1.00 bits per heavy atom. The van der Waals surface area contributed by atoms with Crippen LogP contribution >= 0.6 is 0 Å². The lowest BCUT2D eigenvalue weighted by Crippen LogP contribution is -2.15. The third-order valence-electron chi connectivity index (χ3n) is 3.78. The van der Waals surface area contributed by atoms with Gasteiger partial charge in [-0.2, -0.15) is 0 Å². The summed E-state index contributed by atoms with van der Waals surface area (Å²) in [6.45, 7) is 4.22. The molecule has 0 bridgehead atoms. The van der Waals surface area contributed by atoms with Gasteiger partial charge < -0.3 is 15.2 Å². The molecule has 0 amide bonds. The normalized spacial score (nSPS) is 12.0. The van der Waals surface area contributed by atoms with Gasteiger partial charge >= 0.3 is 0 Å². The summed E-state index contributed by atoms with van der Waals surface area (Å²) in [6, 6.07) is 12.1. The molecule has 0 aliphatic heterocycles. The van der Waals surface area contributed by atoms with Crippen LogP contribution in [0.5, 0.6) is 11.5 Å². The molecule has 0 spiro atoms. The number of ether oxygens (including phenoxy) is 2. The molecule has 21 heavy (non-hydrogen) atoms. The number of nitrogens with two attached hydrogens (primary N) is 1. The molecule has 2 aromatic carbocycles. The molecule has 0 radical (unpaired) electrons. The van der Waals surface area contributed by atoms with Crippen LogP contribution in [0.15, 0.2) is 36.4 Å². The minimum absolute atomic E-state index is 0.105. The van der Waals surface area contributed by atoms with E-state index in [0.29, 0.717) is 0 Å². The largest absolute Gasteiger partial charge is 0.497 e. The summed E-state index contributed by atoms with van der Waals surface area (Å²) in [5.41, 5.74) is 11.2. The average Bonchev–Trinajstić information content (AvgIpc) is 2.50. The van der Waals surface area contributed by atoms with Crippen LogP contribution < -0.4 is 15.2 Å². The zero-order chi connectivity index (χ0) is 15.4. The Kier molecular flexibility index (Phi) is 4.86. The van der Waals surface area contributed by atoms with Crippen molar-refractivity contribution >= 4 is 0 Å². The molecule has 0 saturated carbocycles. The molecule has 2 aromatic rings. The molecule has 112 valence electrons. The summed E-state index contributed by atoms with van der Waals surface area (Å²) in [4.78, 5) is 0. The van der Waals surface area contributed by atoms with Crippen LogP contribution in [-0.4, -0.2) is 14.2 Å². The fraction of sp³-hybridized carbons (Fsp3) is 0.333. The lowest BCUT2D eigenvalue weighted by molar-refractivity contribution is 0.388. The first kappa shape index (κ1) is 15.4. The van der Waals surface area contributed by atoms with Gasteiger partial charge in [-0.05, 0) is 37.5 Å². The Balaban J connectivity index is 2.27. The van der Waals surface area contributed by atoms with Crippen molar-refractivity contribution in [1.82, 2.24) is 0 Å². The van der Waals surface area contributed by atoms with Crippen LogP contribution in [0.3, 0.4) is 0 Å². The van der Waals surface area contributed by atoms with Gasteiger partial charge in [-0.25, -0.2) is 0 Å². The van der Waals surface area contributed by atoms with Crippen LogP contribution in [0.2, 0.25) is 0 Å². The fourth-order valence-electron chi connectivity index (χ4n) is 2.49. The molecule has 0 aromatic heterocycles. The first-order valence-electron chi connectivity index (χ1n) is 7.08. The molecule has 2 rings (SSSR count). The van der Waals surface area contributed by atoms with Crippen LogP contribution in [0.4, 0.5) is 0 Å². The van der Waals surface area contributed by atoms with Gasteiger partial charge in [0.15, 0.2) is 0 Å². The Labute approximate surface area is 126 Å². The number of rotatable bonds is 5. The van der Waals surface area contributed by atoms with Gasteiger partial charge in [-0.1, -0.05) is 29.8 Å². The van der Waals surface area contributed by atoms with Crippen molar-refractivity contribution in [3.8, 4) is 11.5 Å². The number of hydrogen-bond acceptors (Lipinski definition) is 3. The maximum absolute atomic E-state index is 6.39. The lowest BCUT2D eigenvalue weighted by atomic mass is 9.95. The Hall–Kier alpha value is -2.00. The summed E-state index contributed by atoms with van der Waals surface area (Å²) in [5.74, 6) is 1.54. The highest BCUT2D eigenvalue weighted by atomic mass is 16.5. The van der Waals surface area contributed by atoms with E-state index in [0.717, 1.165) is 23.5 Å². The molecule has 0 aliphatic carbocycles. The maximum Gasteiger partial charge on any atom is 0.127 e. The summed E-state index contributed by atoms with van der Waals surface area (Å²) in [5, 5.41) is 0. The number of aryl methyl sites for hydroxylation is 2. The van der Waals surface area contributed by atoms with Crippen LogP contribution in [0.25, 0.3) is 0 Å². The maximum atomic E-state index is 6.39. The van der Waals surface area contributed by atoms with E-state index >= 15 is 0 Å². The number of benzene rings is 2. The first-order valence-corrected chi connectivity index (χ1v) is 7.08. The molecular formula is C18H23NO2. The van der Waals surface area contributed by atoms with E-state index in [1.54, 1.807) is 14.2 Å². The predicted molar refractivity (Wildman–Crippen MR) is 86.1 cm³/mol. The zero-order valence-electron chi connectivity index (χ0n) is 13.1. The van der Waals surface area contributed by atoms with E-state index in [-0.39, 0.29) is 6.04 Å². The first-order chi connectivity index (χ1) is 10.0. The van der Waals surface area contributed by atoms with Crippen molar-refractivity contribution in [2.75, 3.05) is 14.2 Å². The molecule has 2 N–H and O–H groups in total. The number of hydrogen-bond donors (Lipinski definition) is 1. The summed E-state index contributed by atoms with van der Waals surface area (Å²) < 4.78 is 10.7. The summed E-state index contributed by atoms with van der Waals surface area (Å²) in [7, 11) is 3.30. The van der Waals surface area contributed by atoms with Crippen molar-refractivity contribution in [3.63, 3.8) is 0 Å². The average molecular weight is 285 g/mol. The van der Waals surface area contributed by atoms with Gasteiger partial charge in [-0.3, -0.25) is 0 Å². The Morgan fingerprint density at radius 3 is 2.43 bits per heavy atom. The second-order valence-corrected chi connectivity index (χ2v) is 5.35. The molecule has 0 heterocycles. The van der Waals surface area contributed by atoms with Gasteiger partial charge in [0, 0.05) is 17.7 Å². The minimum Gasteiger partial charge on any atom is -0.497 e. The van der Waals surface area contributed by atoms with E-state index in [4.69, 9.17) is 15.2 Å². The van der Waals surface area contributed by atoms with Crippen LogP contribution in [-0.2, 0) is 6.42 Å². The van der Waals surface area contributed by atoms with Gasteiger partial charge in [0.2, 0.25) is 0 Å². The molecule has 0 saturated heterocycles. The number of methoxy groups -OCH3 is 2. The summed E-state index contributed by atoms with van der Waals surface area (Å²) in [6.07, 6.45) is 0.788. The van der Waals surface area contributed by atoms with Gasteiger partial charge in [0.1, 0.15) is 11.5 Å². The molecule has 0 aliphatic rings. The van der Waals surface area contributed by atoms with E-state index in [2.05, 4.69) is 32.0 Å². The lowest BCUT2D eigenvalue weighted by Gasteiger charge is -2.18. The van der Waals surface area contributed by atoms with E-state index in [9.17, 15) is 0 Å². The highest BCUT2D eigenvalue weighted by molar-refractivity contribution is 5.43. The molecule has 1 unspecified atom stereocenters. The summed E-state index contributed by atoms with van der Waals surface area (Å²) >= 11 is 0. The molecule has 1 atom stereocenters. The standard InChI is InChI=1S/C18H23NO2/c1-12-5-6-13(2)14(9-12)10-17(19)16-8-7-15(20-3)11-18(16)21-4/h5-9,11,17H,10,19H2,1-4H3. The van der Waals surface area contributed by atoms with E-state index in [1.807, 2.05) is 18.2 Å². The van der Waals surface area contributed by atoms with Crippen molar-refractivity contribution in [2.24, 2.45) is 5.73 Å². The SMILES string of the molecule is COc1ccc(C(N)Cc2cc(C)ccc2C)c(OC)c1. The Bertz CT molecular complexity index is 623. The highest BCUT2D eigenvalue weighted by Gasteiger charge is 2.14. The molecule has 3 nitrogen and oxygen atoms in total. The van der Waals surface area contributed by atoms with Crippen LogP contribution in [0, 0.1) is 13.8 Å². The topological polar surface area (TPSA) is 44.5 Å². The van der Waals surface area contributed by atoms with Crippen LogP contribution in [0.1, 0.15) is 28.3 Å². The quantitative estimate of drug-likeness (QED) is 0.913. The van der Waals surface area contributed by atoms with Crippen molar-refractivity contribution < 1.29 is 9.47 Å². The van der Waals surface area contributed by atoms with Crippen molar-refractivity contribution in [1.29, 1.82) is 0 Å². The highest BCUT2D eigenvalue weighted by Crippen LogP contribution is 2.30. The molecule has 0 fully saturated rings. The second-order valence-electron chi connectivity index (χ2n) is 5.35. The third kappa shape index (κ3) is 3.56. The fourth-order valence-corrected chi connectivity index (χ4v) is 2.49. The van der Waals surface area contributed by atoms with Gasteiger partial charge in [0.05, 0.1) is 14.2 Å². The second kappa shape index (κ2) is 6.64. The minimum atomic E-state index is -0.105. The van der Waals surface area contributed by atoms with Gasteiger partial charge in [-0.15, -0.1) is 0 Å². The van der Waals surface area contributed by atoms with Gasteiger partial charge in [0.25, 0.3) is 0 Å². The smallest absolute Gasteiger partial charge is 0.127 e. The van der Waals surface area contributed by atoms with E-state index < -0.39 is 0 Å². The van der Waals surface area contributed by atoms with Crippen molar-refractivity contribution in [2.45, 2.75) is 26.3 Å². The van der Waals surface area contributed by atoms with E-state index in [1.165, 1.54) is 16.7 Å². The van der Waals surface area contributed by atoms with Crippen molar-refractivity contribution in [3.05, 3.63) is 58.7 Å².